The van der Waals surface area contributed by atoms with Gasteiger partial charge in [-0.3, -0.25) is 4.79 Å². The van der Waals surface area contributed by atoms with E-state index in [1.807, 2.05) is 24.3 Å². The summed E-state index contributed by atoms with van der Waals surface area (Å²) < 4.78 is 8.96. The largest absolute Gasteiger partial charge is 0.497 e. The minimum absolute atomic E-state index is 0.240. The Bertz CT molecular complexity index is 532. The van der Waals surface area contributed by atoms with E-state index >= 15 is 0 Å². The first-order valence-corrected chi connectivity index (χ1v) is 9.91. The number of ether oxygens (including phenoxy) is 2. The van der Waals surface area contributed by atoms with Gasteiger partial charge in [-0.15, -0.1) is 0 Å². The molecule has 2 rings (SSSR count). The Hall–Kier alpha value is -0.640. The number of carbonyl (C=O) groups excluding carboxylic acids is 1. The standard InChI is InChI=1S/C19H25Cl3O3/c1-24-16-11-9-15(10-12-16)17(18(23)25-13-19(20,21)22)14-7-5-3-2-4-6-8-14/h9-12,14,17H,2-8,13H2,1H3. The fourth-order valence-corrected chi connectivity index (χ4v) is 3.64. The average Bonchev–Trinajstić information content (AvgIpc) is 2.55. The van der Waals surface area contributed by atoms with E-state index in [-0.39, 0.29) is 24.4 Å². The highest BCUT2D eigenvalue weighted by molar-refractivity contribution is 6.67. The molecular formula is C19H25Cl3O3. The maximum atomic E-state index is 12.8. The van der Waals surface area contributed by atoms with E-state index in [0.29, 0.717) is 0 Å². The number of hydrogen-bond acceptors (Lipinski definition) is 3. The summed E-state index contributed by atoms with van der Waals surface area (Å²) >= 11 is 17.2. The van der Waals surface area contributed by atoms with Gasteiger partial charge in [0, 0.05) is 0 Å². The Morgan fingerprint density at radius 2 is 1.64 bits per heavy atom. The Kier molecular flexibility index (Phi) is 8.18. The maximum absolute atomic E-state index is 12.8. The van der Waals surface area contributed by atoms with Gasteiger partial charge < -0.3 is 9.47 Å². The van der Waals surface area contributed by atoms with Crippen molar-refractivity contribution in [3.63, 3.8) is 0 Å². The molecule has 1 aromatic carbocycles. The molecule has 1 aromatic rings. The van der Waals surface area contributed by atoms with Crippen LogP contribution < -0.4 is 4.74 Å². The van der Waals surface area contributed by atoms with E-state index in [4.69, 9.17) is 44.3 Å². The molecule has 1 fully saturated rings. The molecule has 6 heteroatoms. The molecule has 0 bridgehead atoms. The molecule has 1 atom stereocenters. The van der Waals surface area contributed by atoms with Crippen LogP contribution in [0, 0.1) is 5.92 Å². The predicted molar refractivity (Wildman–Crippen MR) is 103 cm³/mol. The van der Waals surface area contributed by atoms with Gasteiger partial charge in [-0.1, -0.05) is 79.0 Å². The van der Waals surface area contributed by atoms with Gasteiger partial charge in [0.05, 0.1) is 13.0 Å². The van der Waals surface area contributed by atoms with Crippen molar-refractivity contribution in [1.29, 1.82) is 0 Å². The van der Waals surface area contributed by atoms with Gasteiger partial charge in [-0.25, -0.2) is 0 Å². The molecular weight excluding hydrogens is 383 g/mol. The third kappa shape index (κ3) is 6.88. The second-order valence-corrected chi connectivity index (χ2v) is 9.09. The first-order chi connectivity index (χ1) is 11.9. The van der Waals surface area contributed by atoms with Gasteiger partial charge in [0.1, 0.15) is 12.4 Å². The SMILES string of the molecule is COc1ccc(C(C(=O)OCC(Cl)(Cl)Cl)C2CCCCCCC2)cc1. The fourth-order valence-electron chi connectivity index (χ4n) is 3.48. The van der Waals surface area contributed by atoms with Crippen molar-refractivity contribution in [2.45, 2.75) is 54.7 Å². The molecule has 140 valence electrons. The lowest BCUT2D eigenvalue weighted by Gasteiger charge is -2.28. The van der Waals surface area contributed by atoms with E-state index in [0.717, 1.165) is 37.0 Å². The van der Waals surface area contributed by atoms with Crippen molar-refractivity contribution in [3.8, 4) is 5.75 Å². The minimum Gasteiger partial charge on any atom is -0.497 e. The second-order valence-electron chi connectivity index (χ2n) is 6.58. The molecule has 0 aliphatic heterocycles. The monoisotopic (exact) mass is 406 g/mol. The van der Waals surface area contributed by atoms with Gasteiger partial charge in [-0.2, -0.15) is 0 Å². The summed E-state index contributed by atoms with van der Waals surface area (Å²) in [5.41, 5.74) is 0.931. The number of esters is 1. The van der Waals surface area contributed by atoms with Gasteiger partial charge in [0.25, 0.3) is 0 Å². The number of rotatable bonds is 5. The van der Waals surface area contributed by atoms with Crippen LogP contribution in [0.2, 0.25) is 0 Å². The predicted octanol–water partition coefficient (Wildman–Crippen LogP) is 6.05. The summed E-state index contributed by atoms with van der Waals surface area (Å²) in [5, 5.41) is 0. The molecule has 1 aliphatic rings. The summed E-state index contributed by atoms with van der Waals surface area (Å²) in [7, 11) is 1.62. The minimum atomic E-state index is -1.60. The topological polar surface area (TPSA) is 35.5 Å². The zero-order valence-corrected chi connectivity index (χ0v) is 16.7. The quantitative estimate of drug-likeness (QED) is 0.440. The Labute approximate surface area is 164 Å². The van der Waals surface area contributed by atoms with Crippen molar-refractivity contribution >= 4 is 40.8 Å². The highest BCUT2D eigenvalue weighted by atomic mass is 35.6. The van der Waals surface area contributed by atoms with Crippen molar-refractivity contribution in [3.05, 3.63) is 29.8 Å². The van der Waals surface area contributed by atoms with Crippen molar-refractivity contribution in [2.75, 3.05) is 13.7 Å². The molecule has 0 radical (unpaired) electrons. The third-order valence-electron chi connectivity index (χ3n) is 4.73. The molecule has 3 nitrogen and oxygen atoms in total. The zero-order chi connectivity index (χ0) is 18.3. The lowest BCUT2D eigenvalue weighted by Crippen LogP contribution is -2.27. The van der Waals surface area contributed by atoms with Crippen LogP contribution >= 0.6 is 34.8 Å². The number of carbonyl (C=O) groups is 1. The van der Waals surface area contributed by atoms with Crippen molar-refractivity contribution in [2.24, 2.45) is 5.92 Å². The van der Waals surface area contributed by atoms with E-state index in [1.165, 1.54) is 19.3 Å². The molecule has 25 heavy (non-hydrogen) atoms. The van der Waals surface area contributed by atoms with Crippen LogP contribution in [0.3, 0.4) is 0 Å². The summed E-state index contributed by atoms with van der Waals surface area (Å²) in [5.74, 6) is 0.352. The summed E-state index contributed by atoms with van der Waals surface area (Å²) in [6.45, 7) is -0.240. The average molecular weight is 408 g/mol. The van der Waals surface area contributed by atoms with Crippen LogP contribution in [0.4, 0.5) is 0 Å². The highest BCUT2D eigenvalue weighted by Gasteiger charge is 2.33. The van der Waals surface area contributed by atoms with Gasteiger partial charge in [0.2, 0.25) is 3.79 Å². The zero-order valence-electron chi connectivity index (χ0n) is 14.5. The highest BCUT2D eigenvalue weighted by Crippen LogP contribution is 2.37. The molecule has 1 aliphatic carbocycles. The number of halogens is 3. The summed E-state index contributed by atoms with van der Waals surface area (Å²) in [4.78, 5) is 12.8. The first kappa shape index (κ1) is 20.7. The summed E-state index contributed by atoms with van der Waals surface area (Å²) in [6, 6.07) is 7.60. The normalized spacial score (nSPS) is 18.1. The molecule has 0 heterocycles. The lowest BCUT2D eigenvalue weighted by atomic mass is 9.78. The van der Waals surface area contributed by atoms with E-state index in [2.05, 4.69) is 0 Å². The molecule has 1 saturated carbocycles. The molecule has 0 N–H and O–H groups in total. The van der Waals surface area contributed by atoms with Gasteiger partial charge in [0.15, 0.2) is 0 Å². The van der Waals surface area contributed by atoms with Crippen LogP contribution in [0.5, 0.6) is 5.75 Å². The van der Waals surface area contributed by atoms with E-state index in [1.54, 1.807) is 7.11 Å². The number of alkyl halides is 3. The van der Waals surface area contributed by atoms with Crippen molar-refractivity contribution in [1.82, 2.24) is 0 Å². The van der Waals surface area contributed by atoms with Crippen LogP contribution in [-0.2, 0) is 9.53 Å². The summed E-state index contributed by atoms with van der Waals surface area (Å²) in [6.07, 6.45) is 8.00. The molecule has 1 unspecified atom stereocenters. The second kappa shape index (κ2) is 9.89. The van der Waals surface area contributed by atoms with Crippen LogP contribution in [0.1, 0.15) is 56.4 Å². The van der Waals surface area contributed by atoms with Crippen LogP contribution in [0.15, 0.2) is 24.3 Å². The number of hydrogen-bond donors (Lipinski definition) is 0. The molecule has 0 spiro atoms. The fraction of sp³-hybridized carbons (Fsp3) is 0.632. The molecule has 0 aromatic heterocycles. The Balaban J connectivity index is 2.20. The van der Waals surface area contributed by atoms with E-state index in [9.17, 15) is 4.79 Å². The Morgan fingerprint density at radius 3 is 2.16 bits per heavy atom. The lowest BCUT2D eigenvalue weighted by molar-refractivity contribution is -0.147. The maximum Gasteiger partial charge on any atom is 0.313 e. The molecule has 0 saturated heterocycles. The smallest absolute Gasteiger partial charge is 0.313 e. The first-order valence-electron chi connectivity index (χ1n) is 8.78. The van der Waals surface area contributed by atoms with Crippen LogP contribution in [-0.4, -0.2) is 23.5 Å². The van der Waals surface area contributed by atoms with Gasteiger partial charge >= 0.3 is 5.97 Å². The number of benzene rings is 1. The number of methoxy groups -OCH3 is 1. The van der Waals surface area contributed by atoms with Crippen LogP contribution in [0.25, 0.3) is 0 Å². The van der Waals surface area contributed by atoms with Crippen molar-refractivity contribution < 1.29 is 14.3 Å². The van der Waals surface area contributed by atoms with E-state index < -0.39 is 3.79 Å². The Morgan fingerprint density at radius 1 is 1.08 bits per heavy atom. The van der Waals surface area contributed by atoms with Gasteiger partial charge in [-0.05, 0) is 36.5 Å². The third-order valence-corrected chi connectivity index (χ3v) is 5.06. The molecule has 0 amide bonds.